The van der Waals surface area contributed by atoms with E-state index in [2.05, 4.69) is 37.8 Å². The van der Waals surface area contributed by atoms with Gasteiger partial charge in [0.1, 0.15) is 17.4 Å². The van der Waals surface area contributed by atoms with Crippen molar-refractivity contribution in [1.29, 1.82) is 0 Å². The van der Waals surface area contributed by atoms with Gasteiger partial charge in [0.2, 0.25) is 5.91 Å². The topological polar surface area (TPSA) is 128 Å². The molecule has 0 bridgehead atoms. The Morgan fingerprint density at radius 1 is 0.953 bits per heavy atom. The third-order valence-corrected chi connectivity index (χ3v) is 6.96. The van der Waals surface area contributed by atoms with Gasteiger partial charge >= 0.3 is 12.1 Å². The summed E-state index contributed by atoms with van der Waals surface area (Å²) in [5, 5.41) is 8.67. The minimum absolute atomic E-state index is 0.0811. The zero-order valence-electron chi connectivity index (χ0n) is 23.4. The number of ether oxygens (including phenoxy) is 1. The number of piperazine rings is 1. The number of hydrogen-bond acceptors (Lipinski definition) is 9. The lowest BCUT2D eigenvalue weighted by Gasteiger charge is -2.46. The summed E-state index contributed by atoms with van der Waals surface area (Å²) in [5.41, 5.74) is 0.606. The van der Waals surface area contributed by atoms with Crippen LogP contribution in [0.25, 0.3) is 0 Å². The van der Waals surface area contributed by atoms with Gasteiger partial charge in [0.05, 0.1) is 6.42 Å². The predicted octanol–water partition coefficient (Wildman–Crippen LogP) is 3.44. The molecule has 2 fully saturated rings. The van der Waals surface area contributed by atoms with Crippen molar-refractivity contribution in [1.82, 2.24) is 25.2 Å². The first-order valence-corrected chi connectivity index (χ1v) is 13.7. The number of rotatable bonds is 8. The van der Waals surface area contributed by atoms with Gasteiger partial charge in [-0.2, -0.15) is 0 Å². The lowest BCUT2D eigenvalue weighted by molar-refractivity contribution is -0.128. The summed E-state index contributed by atoms with van der Waals surface area (Å²) in [5.74, 6) is -1.63. The van der Waals surface area contributed by atoms with E-state index < -0.39 is 29.7 Å². The van der Waals surface area contributed by atoms with Crippen LogP contribution in [0.1, 0.15) is 5.56 Å². The first-order chi connectivity index (χ1) is 20.7. The molecule has 226 valence electrons. The predicted molar refractivity (Wildman–Crippen MR) is 153 cm³/mol. The Labute approximate surface area is 246 Å². The molecule has 2 saturated heterocycles. The number of nitrogens with zero attached hydrogens (tertiary/aromatic N) is 4. The standard InChI is InChI=1S/C29H31F2N7O5/c1-36-17-22(18-36)37-10-12-38(13-11-37)43-29(41)34-26-16-23(8-9-32-26)42-25-7-6-21(15-24(25)31)33-28(40)35-27(39)14-19-2-4-20(30)5-3-19/h2-9,15-16,22H,10-14,17-18H2,1H3,(H,32,34,41)(H2,33,35,39,40). The van der Waals surface area contributed by atoms with Crippen molar-refractivity contribution in [2.45, 2.75) is 12.5 Å². The Morgan fingerprint density at radius 2 is 1.70 bits per heavy atom. The number of aromatic nitrogens is 1. The van der Waals surface area contributed by atoms with Gasteiger partial charge in [-0.25, -0.2) is 23.4 Å². The number of hydroxylamine groups is 2. The zero-order valence-corrected chi connectivity index (χ0v) is 23.4. The molecule has 5 rings (SSSR count). The fourth-order valence-electron chi connectivity index (χ4n) is 4.75. The van der Waals surface area contributed by atoms with E-state index in [4.69, 9.17) is 9.57 Å². The van der Waals surface area contributed by atoms with E-state index >= 15 is 0 Å². The van der Waals surface area contributed by atoms with Crippen molar-refractivity contribution in [2.24, 2.45) is 0 Å². The molecule has 0 unspecified atom stereocenters. The molecule has 14 heteroatoms. The van der Waals surface area contributed by atoms with E-state index in [0.717, 1.165) is 32.2 Å². The summed E-state index contributed by atoms with van der Waals surface area (Å²) < 4.78 is 33.4. The van der Waals surface area contributed by atoms with E-state index in [1.54, 1.807) is 5.06 Å². The first-order valence-electron chi connectivity index (χ1n) is 13.7. The number of carbonyl (C=O) groups is 3. The maximum absolute atomic E-state index is 14.8. The zero-order chi connectivity index (χ0) is 30.3. The number of imide groups is 1. The molecule has 12 nitrogen and oxygen atoms in total. The Kier molecular flexibility index (Phi) is 9.39. The van der Waals surface area contributed by atoms with Gasteiger partial charge < -0.3 is 19.8 Å². The van der Waals surface area contributed by atoms with Crippen molar-refractivity contribution in [3.8, 4) is 11.5 Å². The van der Waals surface area contributed by atoms with Crippen LogP contribution in [0.2, 0.25) is 0 Å². The molecule has 43 heavy (non-hydrogen) atoms. The van der Waals surface area contributed by atoms with E-state index in [9.17, 15) is 23.2 Å². The number of carbonyl (C=O) groups excluding carboxylic acids is 3. The number of halogens is 2. The Hall–Kier alpha value is -4.66. The average molecular weight is 596 g/mol. The highest BCUT2D eigenvalue weighted by Gasteiger charge is 2.32. The summed E-state index contributed by atoms with van der Waals surface area (Å²) in [6.45, 7) is 4.93. The van der Waals surface area contributed by atoms with Crippen LogP contribution < -0.4 is 20.7 Å². The molecule has 1 aromatic heterocycles. The van der Waals surface area contributed by atoms with Crippen molar-refractivity contribution in [2.75, 3.05) is 56.9 Å². The molecular weight excluding hydrogens is 564 g/mol. The molecule has 0 spiro atoms. The third-order valence-electron chi connectivity index (χ3n) is 6.96. The van der Waals surface area contributed by atoms with Gasteiger partial charge in [0.25, 0.3) is 0 Å². The second-order valence-electron chi connectivity index (χ2n) is 10.3. The quantitative estimate of drug-likeness (QED) is 0.359. The Balaban J connectivity index is 1.08. The van der Waals surface area contributed by atoms with Gasteiger partial charge in [0.15, 0.2) is 11.6 Å². The van der Waals surface area contributed by atoms with Crippen LogP contribution in [0.5, 0.6) is 11.5 Å². The van der Waals surface area contributed by atoms with Crippen molar-refractivity contribution < 1.29 is 32.7 Å². The SMILES string of the molecule is CN1CC(N2CCN(OC(=O)Nc3cc(Oc4ccc(NC(=O)NC(=O)Cc5ccc(F)cc5)cc4F)ccn3)CC2)C1. The number of likely N-dealkylation sites (N-methyl/N-ethyl adjacent to an activating group) is 1. The summed E-state index contributed by atoms with van der Waals surface area (Å²) in [6, 6.07) is 11.6. The number of anilines is 2. The lowest BCUT2D eigenvalue weighted by atomic mass is 10.1. The number of nitrogens with one attached hydrogen (secondary N) is 3. The molecule has 2 aliphatic rings. The summed E-state index contributed by atoms with van der Waals surface area (Å²) in [6.07, 6.45) is 0.559. The van der Waals surface area contributed by atoms with E-state index in [-0.39, 0.29) is 29.4 Å². The van der Waals surface area contributed by atoms with Gasteiger partial charge in [-0.15, -0.1) is 5.06 Å². The minimum atomic E-state index is -0.856. The smallest absolute Gasteiger partial charge is 0.431 e. The highest BCUT2D eigenvalue weighted by Crippen LogP contribution is 2.28. The molecule has 3 N–H and O–H groups in total. The highest BCUT2D eigenvalue weighted by atomic mass is 19.1. The van der Waals surface area contributed by atoms with Crippen LogP contribution in [0.3, 0.4) is 0 Å². The average Bonchev–Trinajstić information content (AvgIpc) is 2.94. The second-order valence-corrected chi connectivity index (χ2v) is 10.3. The number of hydrogen-bond donors (Lipinski definition) is 3. The second kappa shape index (κ2) is 13.5. The lowest BCUT2D eigenvalue weighted by Crippen LogP contribution is -2.61. The molecule has 0 atom stereocenters. The molecular formula is C29H31F2N7O5. The number of likely N-dealkylation sites (tertiary alicyclic amines) is 1. The van der Waals surface area contributed by atoms with Crippen LogP contribution in [0, 0.1) is 11.6 Å². The summed E-state index contributed by atoms with van der Waals surface area (Å²) >= 11 is 0. The van der Waals surface area contributed by atoms with Crippen LogP contribution in [-0.4, -0.2) is 90.2 Å². The van der Waals surface area contributed by atoms with E-state index in [1.807, 2.05) is 0 Å². The maximum atomic E-state index is 14.8. The third kappa shape index (κ3) is 8.44. The maximum Gasteiger partial charge on any atom is 0.431 e. The van der Waals surface area contributed by atoms with Crippen LogP contribution in [-0.2, 0) is 16.1 Å². The van der Waals surface area contributed by atoms with Crippen molar-refractivity contribution in [3.63, 3.8) is 0 Å². The molecule has 2 aliphatic heterocycles. The number of pyridine rings is 1. The first kappa shape index (κ1) is 29.8. The molecule has 2 aromatic carbocycles. The fourth-order valence-corrected chi connectivity index (χ4v) is 4.75. The van der Waals surface area contributed by atoms with Crippen LogP contribution in [0.15, 0.2) is 60.8 Å². The Bertz CT molecular complexity index is 1460. The van der Waals surface area contributed by atoms with Gasteiger partial charge in [-0.1, -0.05) is 12.1 Å². The van der Waals surface area contributed by atoms with Crippen LogP contribution in [0.4, 0.5) is 29.9 Å². The molecule has 4 amide bonds. The van der Waals surface area contributed by atoms with Crippen LogP contribution >= 0.6 is 0 Å². The largest absolute Gasteiger partial charge is 0.454 e. The molecule has 0 radical (unpaired) electrons. The molecule has 3 heterocycles. The normalized spacial score (nSPS) is 16.2. The minimum Gasteiger partial charge on any atom is -0.454 e. The highest BCUT2D eigenvalue weighted by molar-refractivity contribution is 6.01. The van der Waals surface area contributed by atoms with Crippen molar-refractivity contribution in [3.05, 3.63) is 78.0 Å². The summed E-state index contributed by atoms with van der Waals surface area (Å²) in [4.78, 5) is 50.8. The fraction of sp³-hybridized carbons (Fsp3) is 0.310. The van der Waals surface area contributed by atoms with Crippen molar-refractivity contribution >= 4 is 29.5 Å². The number of amides is 4. The van der Waals surface area contributed by atoms with E-state index in [1.165, 1.54) is 54.7 Å². The molecule has 0 aliphatic carbocycles. The monoisotopic (exact) mass is 595 g/mol. The molecule has 3 aromatic rings. The number of urea groups is 1. The number of benzene rings is 2. The molecule has 0 saturated carbocycles. The van der Waals surface area contributed by atoms with Gasteiger partial charge in [-0.3, -0.25) is 20.3 Å². The van der Waals surface area contributed by atoms with Gasteiger partial charge in [-0.05, 0) is 42.9 Å². The summed E-state index contributed by atoms with van der Waals surface area (Å²) in [7, 11) is 2.09. The van der Waals surface area contributed by atoms with E-state index in [0.29, 0.717) is 24.7 Å². The Morgan fingerprint density at radius 3 is 2.40 bits per heavy atom. The van der Waals surface area contributed by atoms with Gasteiger partial charge in [0, 0.05) is 69.3 Å².